The summed E-state index contributed by atoms with van der Waals surface area (Å²) in [5.74, 6) is 0.257. The molecule has 5 heteroatoms. The number of aromatic hydroxyl groups is 1. The third-order valence-corrected chi connectivity index (χ3v) is 3.42. The monoisotopic (exact) mass is 299 g/mol. The number of hydrogen-bond acceptors (Lipinski definition) is 3. The number of para-hydroxylation sites is 1. The van der Waals surface area contributed by atoms with Gasteiger partial charge in [-0.2, -0.15) is 5.10 Å². The van der Waals surface area contributed by atoms with Crippen LogP contribution in [0.25, 0.3) is 5.69 Å². The van der Waals surface area contributed by atoms with Gasteiger partial charge in [-0.3, -0.25) is 0 Å². The van der Waals surface area contributed by atoms with Gasteiger partial charge in [0, 0.05) is 18.9 Å². The highest BCUT2D eigenvalue weighted by molar-refractivity contribution is 6.33. The smallest absolute Gasteiger partial charge is 0.115 e. The summed E-state index contributed by atoms with van der Waals surface area (Å²) in [7, 11) is 0. The first-order valence-electron chi connectivity index (χ1n) is 6.54. The number of phenolic OH excluding ortho intramolecular Hbond substituents is 1. The van der Waals surface area contributed by atoms with Crippen LogP contribution in [0.1, 0.15) is 5.56 Å². The van der Waals surface area contributed by atoms with Gasteiger partial charge in [-0.15, -0.1) is 0 Å². The van der Waals surface area contributed by atoms with Crippen molar-refractivity contribution in [3.63, 3.8) is 0 Å². The minimum Gasteiger partial charge on any atom is -0.508 e. The minimum atomic E-state index is 0.257. The number of benzene rings is 2. The lowest BCUT2D eigenvalue weighted by atomic mass is 10.2. The third-order valence-electron chi connectivity index (χ3n) is 3.11. The van der Waals surface area contributed by atoms with Gasteiger partial charge in [0.25, 0.3) is 0 Å². The maximum atomic E-state index is 9.50. The van der Waals surface area contributed by atoms with Gasteiger partial charge in [0.05, 0.1) is 10.7 Å². The van der Waals surface area contributed by atoms with E-state index in [9.17, 15) is 5.11 Å². The molecule has 1 aromatic heterocycles. The van der Waals surface area contributed by atoms with E-state index in [1.807, 2.05) is 42.6 Å². The van der Waals surface area contributed by atoms with Crippen LogP contribution in [-0.4, -0.2) is 14.9 Å². The molecule has 0 amide bonds. The fourth-order valence-electron chi connectivity index (χ4n) is 2.16. The lowest BCUT2D eigenvalue weighted by molar-refractivity contribution is 0.474. The van der Waals surface area contributed by atoms with E-state index in [2.05, 4.69) is 10.4 Å². The van der Waals surface area contributed by atoms with Gasteiger partial charge >= 0.3 is 0 Å². The number of nitrogens with one attached hydrogen (secondary N) is 1. The Morgan fingerprint density at radius 1 is 1.14 bits per heavy atom. The standard InChI is InChI=1S/C16H14ClN3O/c17-14-6-2-7-15(16(14)20-9-3-8-19-20)18-11-12-4-1-5-13(21)10-12/h1-10,18,21H,11H2. The second-order valence-electron chi connectivity index (χ2n) is 4.61. The zero-order chi connectivity index (χ0) is 14.7. The molecule has 3 rings (SSSR count). The molecule has 0 fully saturated rings. The van der Waals surface area contributed by atoms with Crippen molar-refractivity contribution in [1.82, 2.24) is 9.78 Å². The molecule has 3 aromatic rings. The van der Waals surface area contributed by atoms with E-state index < -0.39 is 0 Å². The molecule has 0 aliphatic carbocycles. The fourth-order valence-corrected chi connectivity index (χ4v) is 2.42. The predicted octanol–water partition coefficient (Wildman–Crippen LogP) is 3.84. The molecule has 2 aromatic carbocycles. The molecule has 0 bridgehead atoms. The third kappa shape index (κ3) is 3.01. The molecule has 0 unspecified atom stereocenters. The molecule has 2 N–H and O–H groups in total. The van der Waals surface area contributed by atoms with Crippen molar-refractivity contribution in [2.24, 2.45) is 0 Å². The summed E-state index contributed by atoms with van der Waals surface area (Å²) in [5, 5.41) is 17.7. The normalized spacial score (nSPS) is 10.5. The van der Waals surface area contributed by atoms with E-state index in [1.54, 1.807) is 23.0 Å². The van der Waals surface area contributed by atoms with Crippen molar-refractivity contribution in [2.45, 2.75) is 6.54 Å². The maximum Gasteiger partial charge on any atom is 0.115 e. The van der Waals surface area contributed by atoms with Crippen LogP contribution in [0.3, 0.4) is 0 Å². The Balaban J connectivity index is 1.88. The van der Waals surface area contributed by atoms with Crippen LogP contribution in [0.15, 0.2) is 60.9 Å². The number of anilines is 1. The van der Waals surface area contributed by atoms with Crippen LogP contribution in [0.5, 0.6) is 5.75 Å². The largest absolute Gasteiger partial charge is 0.508 e. The molecule has 4 nitrogen and oxygen atoms in total. The average molecular weight is 300 g/mol. The van der Waals surface area contributed by atoms with Crippen LogP contribution in [0, 0.1) is 0 Å². The summed E-state index contributed by atoms with van der Waals surface area (Å²) in [6.45, 7) is 0.586. The molecule has 0 aliphatic rings. The Labute approximate surface area is 127 Å². The number of aromatic nitrogens is 2. The van der Waals surface area contributed by atoms with Gasteiger partial charge in [0.15, 0.2) is 0 Å². The van der Waals surface area contributed by atoms with Gasteiger partial charge in [-0.05, 0) is 35.9 Å². The Hall–Kier alpha value is -2.46. The number of hydrogen-bond donors (Lipinski definition) is 2. The van der Waals surface area contributed by atoms with Crippen molar-refractivity contribution in [3.8, 4) is 11.4 Å². The first kappa shape index (κ1) is 13.5. The molecule has 0 aliphatic heterocycles. The number of nitrogens with zero attached hydrogens (tertiary/aromatic N) is 2. The van der Waals surface area contributed by atoms with Crippen LogP contribution in [0.4, 0.5) is 5.69 Å². The minimum absolute atomic E-state index is 0.257. The Morgan fingerprint density at radius 2 is 2.00 bits per heavy atom. The first-order chi connectivity index (χ1) is 10.2. The maximum absolute atomic E-state index is 9.50. The van der Waals surface area contributed by atoms with Gasteiger partial charge in [-0.1, -0.05) is 29.8 Å². The van der Waals surface area contributed by atoms with Gasteiger partial charge < -0.3 is 10.4 Å². The zero-order valence-electron chi connectivity index (χ0n) is 11.2. The topological polar surface area (TPSA) is 50.1 Å². The average Bonchev–Trinajstić information content (AvgIpc) is 2.99. The Kier molecular flexibility index (Phi) is 3.79. The molecule has 0 radical (unpaired) electrons. The van der Waals surface area contributed by atoms with Crippen LogP contribution in [0.2, 0.25) is 5.02 Å². The Morgan fingerprint density at radius 3 is 2.76 bits per heavy atom. The van der Waals surface area contributed by atoms with Crippen molar-refractivity contribution < 1.29 is 5.11 Å². The second kappa shape index (κ2) is 5.89. The van der Waals surface area contributed by atoms with Crippen molar-refractivity contribution >= 4 is 17.3 Å². The quantitative estimate of drug-likeness (QED) is 0.769. The van der Waals surface area contributed by atoms with Gasteiger partial charge in [0.1, 0.15) is 11.4 Å². The van der Waals surface area contributed by atoms with Gasteiger partial charge in [0.2, 0.25) is 0 Å². The number of halogens is 1. The summed E-state index contributed by atoms with van der Waals surface area (Å²) in [4.78, 5) is 0. The molecule has 0 saturated heterocycles. The SMILES string of the molecule is Oc1cccc(CNc2cccc(Cl)c2-n2cccn2)c1. The summed E-state index contributed by atoms with van der Waals surface area (Å²) in [6.07, 6.45) is 3.56. The molecule has 0 atom stereocenters. The van der Waals surface area contributed by atoms with Crippen molar-refractivity contribution in [3.05, 3.63) is 71.5 Å². The Bertz CT molecular complexity index is 741. The predicted molar refractivity (Wildman–Crippen MR) is 84.0 cm³/mol. The lowest BCUT2D eigenvalue weighted by Crippen LogP contribution is -2.05. The fraction of sp³-hybridized carbons (Fsp3) is 0.0625. The highest BCUT2D eigenvalue weighted by atomic mass is 35.5. The zero-order valence-corrected chi connectivity index (χ0v) is 12.0. The molecule has 0 spiro atoms. The molecule has 106 valence electrons. The summed E-state index contributed by atoms with van der Waals surface area (Å²) in [6, 6.07) is 14.7. The highest BCUT2D eigenvalue weighted by Gasteiger charge is 2.09. The van der Waals surface area contributed by atoms with E-state index in [1.165, 1.54) is 0 Å². The second-order valence-corrected chi connectivity index (χ2v) is 5.02. The number of phenols is 1. The summed E-state index contributed by atoms with van der Waals surface area (Å²) < 4.78 is 1.73. The van der Waals surface area contributed by atoms with Crippen LogP contribution < -0.4 is 5.32 Å². The van der Waals surface area contributed by atoms with Crippen molar-refractivity contribution in [2.75, 3.05) is 5.32 Å². The summed E-state index contributed by atoms with van der Waals surface area (Å²) >= 11 is 6.29. The van der Waals surface area contributed by atoms with Crippen LogP contribution >= 0.6 is 11.6 Å². The highest BCUT2D eigenvalue weighted by Crippen LogP contribution is 2.28. The summed E-state index contributed by atoms with van der Waals surface area (Å²) in [5.41, 5.74) is 2.68. The molecule has 21 heavy (non-hydrogen) atoms. The van der Waals surface area contributed by atoms with E-state index in [0.717, 1.165) is 16.9 Å². The molecule has 1 heterocycles. The van der Waals surface area contributed by atoms with Crippen LogP contribution in [-0.2, 0) is 6.54 Å². The van der Waals surface area contributed by atoms with E-state index in [0.29, 0.717) is 11.6 Å². The molecule has 0 saturated carbocycles. The number of rotatable bonds is 4. The van der Waals surface area contributed by atoms with Crippen molar-refractivity contribution in [1.29, 1.82) is 0 Å². The van der Waals surface area contributed by atoms with E-state index in [-0.39, 0.29) is 5.75 Å². The molecular weight excluding hydrogens is 286 g/mol. The van der Waals surface area contributed by atoms with Gasteiger partial charge in [-0.25, -0.2) is 4.68 Å². The molecular formula is C16H14ClN3O. The van der Waals surface area contributed by atoms with E-state index in [4.69, 9.17) is 11.6 Å². The first-order valence-corrected chi connectivity index (χ1v) is 6.92. The lowest BCUT2D eigenvalue weighted by Gasteiger charge is -2.13. The van der Waals surface area contributed by atoms with E-state index >= 15 is 0 Å².